The standard InChI is InChI=1S/C14H30GeOSi/c1-11(2)15(12(3)4,13(5)6)14(10-16)17(7,8)9/h11-13H,1-9H3. The van der Waals surface area contributed by atoms with Gasteiger partial charge in [-0.3, -0.25) is 0 Å². The molecule has 0 aliphatic heterocycles. The molecule has 3 heteroatoms. The molecule has 100 valence electrons. The maximum absolute atomic E-state index is 11.6. The van der Waals surface area contributed by atoms with E-state index in [9.17, 15) is 4.79 Å². The summed E-state index contributed by atoms with van der Waals surface area (Å²) in [6.45, 7) is 20.9. The SMILES string of the molecule is C[CH](C)[Ge]([C](=C=O)[Si](C)(C)C)([CH](C)C)[CH](C)C. The van der Waals surface area contributed by atoms with Crippen LogP contribution in [0, 0.1) is 0 Å². The van der Waals surface area contributed by atoms with Crippen molar-refractivity contribution in [3.8, 4) is 0 Å². The van der Waals surface area contributed by atoms with Crippen LogP contribution in [0.15, 0.2) is 4.03 Å². The van der Waals surface area contributed by atoms with E-state index in [0.29, 0.717) is 14.3 Å². The minimum absolute atomic E-state index is 0.665. The molecule has 0 amide bonds. The third-order valence-corrected chi connectivity index (χ3v) is 26.8. The van der Waals surface area contributed by atoms with Crippen molar-refractivity contribution in [3.63, 3.8) is 0 Å². The summed E-state index contributed by atoms with van der Waals surface area (Å²) in [5, 5.41) is 0. The molecule has 0 rings (SSSR count). The van der Waals surface area contributed by atoms with Crippen molar-refractivity contribution in [2.24, 2.45) is 0 Å². The van der Waals surface area contributed by atoms with E-state index in [1.165, 1.54) is 4.03 Å². The Hall–Kier alpha value is 0.210. The van der Waals surface area contributed by atoms with Crippen LogP contribution >= 0.6 is 0 Å². The van der Waals surface area contributed by atoms with Crippen molar-refractivity contribution < 1.29 is 4.79 Å². The molecule has 0 aliphatic carbocycles. The molecule has 0 atom stereocenters. The molecule has 0 bridgehead atoms. The van der Waals surface area contributed by atoms with Gasteiger partial charge in [0.25, 0.3) is 0 Å². The zero-order valence-electron chi connectivity index (χ0n) is 13.1. The van der Waals surface area contributed by atoms with Crippen LogP contribution in [-0.2, 0) is 4.79 Å². The molecule has 0 unspecified atom stereocenters. The van der Waals surface area contributed by atoms with Crippen LogP contribution in [0.4, 0.5) is 0 Å². The van der Waals surface area contributed by atoms with E-state index in [-0.39, 0.29) is 0 Å². The van der Waals surface area contributed by atoms with Gasteiger partial charge in [0.15, 0.2) is 0 Å². The van der Waals surface area contributed by atoms with Gasteiger partial charge in [0.1, 0.15) is 0 Å². The molecular formula is C14H30GeOSi. The summed E-state index contributed by atoms with van der Waals surface area (Å²) in [4.78, 5) is 11.6. The van der Waals surface area contributed by atoms with Crippen molar-refractivity contribution in [1.82, 2.24) is 0 Å². The van der Waals surface area contributed by atoms with Crippen LogP contribution in [0.3, 0.4) is 0 Å². The Bertz CT molecular complexity index is 285. The molecule has 0 N–H and O–H groups in total. The van der Waals surface area contributed by atoms with Crippen LogP contribution in [0.5, 0.6) is 0 Å². The summed E-state index contributed by atoms with van der Waals surface area (Å²) in [5.74, 6) is 2.44. The first-order chi connectivity index (χ1) is 7.52. The Morgan fingerprint density at radius 3 is 1.24 bits per heavy atom. The van der Waals surface area contributed by atoms with E-state index in [1.54, 1.807) is 0 Å². The van der Waals surface area contributed by atoms with E-state index in [4.69, 9.17) is 0 Å². The Kier molecular flexibility index (Phi) is 5.97. The second-order valence-corrected chi connectivity index (χ2v) is 25.4. The number of hydrogen-bond acceptors (Lipinski definition) is 1. The summed E-state index contributed by atoms with van der Waals surface area (Å²) >= 11 is -2.35. The molecule has 17 heavy (non-hydrogen) atoms. The zero-order chi connectivity index (χ0) is 14.0. The minimum atomic E-state index is -2.35. The predicted molar refractivity (Wildman–Crippen MR) is 83.6 cm³/mol. The van der Waals surface area contributed by atoms with Gasteiger partial charge in [0.05, 0.1) is 0 Å². The fourth-order valence-corrected chi connectivity index (χ4v) is 30.4. The molecule has 0 saturated heterocycles. The first kappa shape index (κ1) is 17.2. The fourth-order valence-electron chi connectivity index (χ4n) is 3.76. The zero-order valence-corrected chi connectivity index (χ0v) is 16.2. The van der Waals surface area contributed by atoms with Gasteiger partial charge >= 0.3 is 112 Å². The quantitative estimate of drug-likeness (QED) is 0.524. The van der Waals surface area contributed by atoms with Crippen molar-refractivity contribution in [3.05, 3.63) is 4.03 Å². The summed E-state index contributed by atoms with van der Waals surface area (Å²) in [7, 11) is -1.53. The summed E-state index contributed by atoms with van der Waals surface area (Å²) in [6, 6.07) is 0. The van der Waals surface area contributed by atoms with Gasteiger partial charge in [0, 0.05) is 0 Å². The van der Waals surface area contributed by atoms with E-state index >= 15 is 0 Å². The average molecular weight is 315 g/mol. The maximum atomic E-state index is 11.6. The first-order valence-corrected chi connectivity index (χ1v) is 15.0. The molecular weight excluding hydrogens is 285 g/mol. The Labute approximate surface area is 111 Å². The van der Waals surface area contributed by atoms with Gasteiger partial charge in [-0.05, 0) is 0 Å². The van der Waals surface area contributed by atoms with Gasteiger partial charge in [0.2, 0.25) is 0 Å². The Balaban J connectivity index is 6.03. The summed E-state index contributed by atoms with van der Waals surface area (Å²) in [5.41, 5.74) is 0. The number of hydrogen-bond donors (Lipinski definition) is 0. The van der Waals surface area contributed by atoms with Crippen LogP contribution in [-0.4, -0.2) is 27.3 Å². The van der Waals surface area contributed by atoms with Gasteiger partial charge in [-0.15, -0.1) is 0 Å². The topological polar surface area (TPSA) is 17.1 Å². The van der Waals surface area contributed by atoms with Crippen LogP contribution in [0.2, 0.25) is 33.9 Å². The van der Waals surface area contributed by atoms with Gasteiger partial charge in [-0.2, -0.15) is 0 Å². The molecule has 0 aromatic rings. The second-order valence-electron chi connectivity index (χ2n) is 7.12. The van der Waals surface area contributed by atoms with Crippen LogP contribution in [0.25, 0.3) is 0 Å². The fraction of sp³-hybridized carbons (Fsp3) is 0.857. The summed E-state index contributed by atoms with van der Waals surface area (Å²) < 4.78 is 3.27. The normalized spacial score (nSPS) is 13.4. The molecule has 0 aromatic carbocycles. The van der Waals surface area contributed by atoms with E-state index < -0.39 is 21.3 Å². The van der Waals surface area contributed by atoms with Crippen molar-refractivity contribution in [1.29, 1.82) is 0 Å². The Morgan fingerprint density at radius 1 is 0.882 bits per heavy atom. The molecule has 1 nitrogen and oxygen atoms in total. The van der Waals surface area contributed by atoms with E-state index in [2.05, 4.69) is 67.1 Å². The monoisotopic (exact) mass is 316 g/mol. The third-order valence-electron chi connectivity index (χ3n) is 4.15. The predicted octanol–water partition coefficient (Wildman–Crippen LogP) is 4.84. The van der Waals surface area contributed by atoms with Gasteiger partial charge in [-0.1, -0.05) is 0 Å². The van der Waals surface area contributed by atoms with Crippen molar-refractivity contribution in [2.75, 3.05) is 0 Å². The van der Waals surface area contributed by atoms with Crippen LogP contribution in [0.1, 0.15) is 41.5 Å². The van der Waals surface area contributed by atoms with Gasteiger partial charge in [-0.25, -0.2) is 0 Å². The molecule has 0 fully saturated rings. The van der Waals surface area contributed by atoms with E-state index in [0.717, 1.165) is 0 Å². The molecule has 0 saturated carbocycles. The molecule has 0 radical (unpaired) electrons. The third kappa shape index (κ3) is 3.15. The molecule has 0 heterocycles. The average Bonchev–Trinajstić information content (AvgIpc) is 2.09. The van der Waals surface area contributed by atoms with Gasteiger partial charge < -0.3 is 0 Å². The molecule has 0 spiro atoms. The molecule has 0 aromatic heterocycles. The molecule has 0 aliphatic rings. The Morgan fingerprint density at radius 2 is 1.18 bits per heavy atom. The first-order valence-electron chi connectivity index (χ1n) is 6.78. The second kappa shape index (κ2) is 5.90. The van der Waals surface area contributed by atoms with Crippen LogP contribution < -0.4 is 0 Å². The van der Waals surface area contributed by atoms with E-state index in [1.807, 2.05) is 0 Å². The van der Waals surface area contributed by atoms with Crippen molar-refractivity contribution in [2.45, 2.75) is 75.4 Å². The number of rotatable bonds is 5. The summed E-state index contributed by atoms with van der Waals surface area (Å²) in [6.07, 6.45) is 0. The van der Waals surface area contributed by atoms with Crippen molar-refractivity contribution >= 4 is 27.3 Å². The number of carbonyl (C=O) groups excluding carboxylic acids is 1.